The number of rotatable bonds is 10. The van der Waals surface area contributed by atoms with Crippen LogP contribution in [0.3, 0.4) is 0 Å². The summed E-state index contributed by atoms with van der Waals surface area (Å²) < 4.78 is 0. The van der Waals surface area contributed by atoms with E-state index in [4.69, 9.17) is 0 Å². The molecule has 2 nitrogen and oxygen atoms in total. The smallest absolute Gasteiger partial charge is 0.0558 e. The molecule has 0 bridgehead atoms. The van der Waals surface area contributed by atoms with Gasteiger partial charge in [0, 0.05) is 23.6 Å². The van der Waals surface area contributed by atoms with E-state index in [0.717, 1.165) is 0 Å². The van der Waals surface area contributed by atoms with Crippen molar-refractivity contribution in [3.63, 3.8) is 0 Å². The van der Waals surface area contributed by atoms with Crippen molar-refractivity contribution >= 4 is 47.7 Å². The van der Waals surface area contributed by atoms with Gasteiger partial charge in [0.1, 0.15) is 0 Å². The third-order valence-electron chi connectivity index (χ3n) is 7.59. The summed E-state index contributed by atoms with van der Waals surface area (Å²) in [4.78, 5) is 2.21. The second-order valence-electron chi connectivity index (χ2n) is 10.4. The molecule has 44 heavy (non-hydrogen) atoms. The summed E-state index contributed by atoms with van der Waals surface area (Å²) >= 11 is 0. The van der Waals surface area contributed by atoms with Gasteiger partial charge in [-0.25, -0.2) is 20.1 Å². The van der Waals surface area contributed by atoms with E-state index in [1.165, 1.54) is 37.4 Å². The summed E-state index contributed by atoms with van der Waals surface area (Å²) in [5.41, 5.74) is 1.36. The van der Waals surface area contributed by atoms with Gasteiger partial charge in [-0.05, 0) is 31.6 Å². The first-order valence-corrected chi connectivity index (χ1v) is 17.4. The van der Waals surface area contributed by atoms with Gasteiger partial charge in [0.15, 0.2) is 0 Å². The van der Waals surface area contributed by atoms with Crippen LogP contribution in [0.5, 0.6) is 0 Å². The van der Waals surface area contributed by atoms with Crippen LogP contribution in [-0.2, 0) is 17.1 Å². The molecule has 0 heterocycles. The van der Waals surface area contributed by atoms with E-state index in [0.29, 0.717) is 6.54 Å². The molecule has 0 aliphatic rings. The van der Waals surface area contributed by atoms with Crippen molar-refractivity contribution in [1.29, 1.82) is 0 Å². The van der Waals surface area contributed by atoms with Crippen molar-refractivity contribution in [3.8, 4) is 0 Å². The summed E-state index contributed by atoms with van der Waals surface area (Å²) in [6, 6.07) is 58.8. The van der Waals surface area contributed by atoms with Gasteiger partial charge < -0.3 is 39.6 Å². The molecular formula is C39H39FeNOP2-6. The number of likely N-dealkylation sites (N-methyl/N-ethyl adjacent to an activating group) is 1. The predicted octanol–water partition coefficient (Wildman–Crippen LogP) is 6.31. The molecule has 6 aromatic carbocycles. The fourth-order valence-corrected chi connectivity index (χ4v) is 10.1. The third kappa shape index (κ3) is 8.53. The van der Waals surface area contributed by atoms with Crippen molar-refractivity contribution in [2.45, 2.75) is 13.0 Å². The first-order valence-electron chi connectivity index (χ1n) is 14.8. The maximum Gasteiger partial charge on any atom is 0.0558 e. The van der Waals surface area contributed by atoms with Crippen LogP contribution in [0.15, 0.2) is 164 Å². The van der Waals surface area contributed by atoms with E-state index >= 15 is 0 Å². The molecule has 0 aliphatic heterocycles. The van der Waals surface area contributed by atoms with E-state index < -0.39 is 15.8 Å². The van der Waals surface area contributed by atoms with Gasteiger partial charge in [-0.3, -0.25) is 0 Å². The normalized spacial score (nSPS) is 11.6. The Morgan fingerprint density at radius 2 is 1.09 bits per heavy atom. The average Bonchev–Trinajstić information content (AvgIpc) is 3.77. The van der Waals surface area contributed by atoms with Crippen LogP contribution in [0, 0.1) is 0 Å². The summed E-state index contributed by atoms with van der Waals surface area (Å²) in [5, 5.41) is 17.7. The van der Waals surface area contributed by atoms with Gasteiger partial charge in [0.05, 0.1) is 6.61 Å². The number of hydrogen-bond donors (Lipinski definition) is 1. The summed E-state index contributed by atoms with van der Waals surface area (Å²) in [6.07, 6.45) is 0. The van der Waals surface area contributed by atoms with Gasteiger partial charge in [-0.15, -0.1) is 10.9 Å². The van der Waals surface area contributed by atoms with Gasteiger partial charge >= 0.3 is 0 Å². The molecular weight excluding hydrogens is 616 g/mol. The van der Waals surface area contributed by atoms with Crippen LogP contribution in [0.25, 0.3) is 0 Å². The minimum absolute atomic E-state index is 0. The Labute approximate surface area is 276 Å². The quantitative estimate of drug-likeness (QED) is 0.106. The molecule has 5 heteroatoms. The summed E-state index contributed by atoms with van der Waals surface area (Å²) in [5.74, 6) is 0. The zero-order valence-electron chi connectivity index (χ0n) is 25.2. The Kier molecular flexibility index (Phi) is 13.3. The minimum Gasteiger partial charge on any atom is -0.747 e. The molecule has 0 saturated heterocycles. The molecule has 6 aromatic rings. The monoisotopic (exact) mass is 655 g/mol. The fourth-order valence-electron chi connectivity index (χ4n) is 5.27. The minimum atomic E-state index is -0.585. The van der Waals surface area contributed by atoms with Gasteiger partial charge in [-0.2, -0.15) is 6.07 Å². The van der Waals surface area contributed by atoms with E-state index in [1.54, 1.807) is 0 Å². The van der Waals surface area contributed by atoms with Crippen molar-refractivity contribution in [1.82, 2.24) is 4.90 Å². The molecule has 0 unspecified atom stereocenters. The second-order valence-corrected chi connectivity index (χ2v) is 14.8. The van der Waals surface area contributed by atoms with Crippen LogP contribution in [0.2, 0.25) is 0 Å². The largest absolute Gasteiger partial charge is 0.747 e. The molecule has 0 aliphatic carbocycles. The van der Waals surface area contributed by atoms with Crippen molar-refractivity contribution < 1.29 is 22.2 Å². The number of benzene rings is 4. The third-order valence-corrected chi connectivity index (χ3v) is 12.6. The zero-order chi connectivity index (χ0) is 29.9. The number of aliphatic hydroxyl groups is 1. The molecule has 0 spiro atoms. The van der Waals surface area contributed by atoms with Crippen LogP contribution in [0.4, 0.5) is 0 Å². The van der Waals surface area contributed by atoms with Crippen LogP contribution < -0.4 is 31.8 Å². The average molecular weight is 656 g/mol. The fraction of sp³-hybridized carbons (Fsp3) is 0.128. The van der Waals surface area contributed by atoms with Gasteiger partial charge in [0.25, 0.3) is 0 Å². The Morgan fingerprint density at radius 3 is 1.52 bits per heavy atom. The molecule has 0 fully saturated rings. The standard InChI is InChI=1S/C22H25NOP.C17H14P.Fe/c1-18(23(2)16-17-24)21-14-9-15-22(21)25(19-10-5-3-6-11-19)20-12-7-4-8-13-20;1-3-9-15(10-4-1)18(17-13-7-8-14-17)16-11-5-2-6-12-16;/h3-15,18,24H,16-17H2,1-2H3;1-14H;/q-1;-5;/t18-;;/m1../s1. The van der Waals surface area contributed by atoms with Crippen molar-refractivity contribution in [2.75, 3.05) is 20.2 Å². The first kappa shape index (κ1) is 33.8. The Morgan fingerprint density at radius 1 is 0.659 bits per heavy atom. The molecule has 0 saturated carbocycles. The van der Waals surface area contributed by atoms with E-state index in [-0.39, 0.29) is 29.7 Å². The van der Waals surface area contributed by atoms with Crippen LogP contribution in [-0.4, -0.2) is 30.2 Å². The Balaban J connectivity index is 0.000000206. The number of hydrogen-bond acceptors (Lipinski definition) is 2. The zero-order valence-corrected chi connectivity index (χ0v) is 28.1. The molecule has 6 rings (SSSR count). The molecule has 0 aromatic heterocycles. The Hall–Kier alpha value is -3.12. The van der Waals surface area contributed by atoms with Crippen molar-refractivity contribution in [3.05, 3.63) is 169 Å². The molecule has 230 valence electrons. The van der Waals surface area contributed by atoms with E-state index in [1.807, 2.05) is 0 Å². The van der Waals surface area contributed by atoms with Crippen LogP contribution in [0.1, 0.15) is 18.5 Å². The van der Waals surface area contributed by atoms with E-state index in [9.17, 15) is 5.11 Å². The van der Waals surface area contributed by atoms with Gasteiger partial charge in [0.2, 0.25) is 0 Å². The summed E-state index contributed by atoms with van der Waals surface area (Å²) in [7, 11) is 1.08. The van der Waals surface area contributed by atoms with E-state index in [2.05, 4.69) is 183 Å². The maximum atomic E-state index is 9.28. The SMILES string of the molecule is C[C@H]([c-]1cccc1P(c1ccccc1)c1ccccc1)N(C)CCO.[Fe].c1ccc(P(c2ccccc2)[c-]2[cH-][cH-][cH-][cH-]2)cc1. The molecule has 0 radical (unpaired) electrons. The summed E-state index contributed by atoms with van der Waals surface area (Å²) in [6.45, 7) is 3.08. The molecule has 1 atom stereocenters. The first-order chi connectivity index (χ1) is 21.2. The number of nitrogens with zero attached hydrogens (tertiary/aromatic N) is 1. The van der Waals surface area contributed by atoms with Gasteiger partial charge in [-0.1, -0.05) is 139 Å². The molecule has 1 N–H and O–H groups in total. The second kappa shape index (κ2) is 17.4. The predicted molar refractivity (Wildman–Crippen MR) is 190 cm³/mol. The topological polar surface area (TPSA) is 23.5 Å². The Bertz CT molecular complexity index is 1530. The van der Waals surface area contributed by atoms with Crippen LogP contribution >= 0.6 is 15.8 Å². The molecule has 0 amide bonds. The maximum absolute atomic E-state index is 9.28. The van der Waals surface area contributed by atoms with Crippen molar-refractivity contribution in [2.24, 2.45) is 0 Å². The number of aliphatic hydroxyl groups excluding tert-OH is 1.